The summed E-state index contributed by atoms with van der Waals surface area (Å²) in [6.45, 7) is 0.938. The molecule has 2 aromatic carbocycles. The maximum atomic E-state index is 3.48. The molecule has 0 atom stereocenters. The van der Waals surface area contributed by atoms with E-state index in [0.717, 1.165) is 11.0 Å². The zero-order chi connectivity index (χ0) is 14.4. The topological polar surface area (TPSA) is 3.24 Å². The summed E-state index contributed by atoms with van der Waals surface area (Å²) in [7, 11) is 4.17. The predicted molar refractivity (Wildman–Crippen MR) is 93.0 cm³/mol. The lowest BCUT2D eigenvalue weighted by molar-refractivity contribution is 0.457. The quantitative estimate of drug-likeness (QED) is 0.688. The van der Waals surface area contributed by atoms with Crippen LogP contribution in [0.15, 0.2) is 70.0 Å². The normalized spacial score (nSPS) is 11.9. The molecule has 2 aromatic rings. The van der Waals surface area contributed by atoms with Gasteiger partial charge in [0.1, 0.15) is 0 Å². The van der Waals surface area contributed by atoms with Crippen LogP contribution >= 0.6 is 27.7 Å². The van der Waals surface area contributed by atoms with E-state index in [9.17, 15) is 0 Å². The number of halogens is 1. The standard InChI is InChI=1S/C17H18BrNS/c1-19(2)13-12-17(14-6-4-3-5-7-14)20-16-10-8-15(18)9-11-16/h3-12H,13H2,1-2H3. The van der Waals surface area contributed by atoms with E-state index in [1.54, 1.807) is 11.8 Å². The van der Waals surface area contributed by atoms with Gasteiger partial charge in [-0.1, -0.05) is 64.1 Å². The first kappa shape index (κ1) is 15.4. The molecular weight excluding hydrogens is 330 g/mol. The smallest absolute Gasteiger partial charge is 0.0176 e. The Morgan fingerprint density at radius 1 is 1.05 bits per heavy atom. The SMILES string of the molecule is CN(C)CC=C(Sc1ccc(Br)cc1)c1ccccc1. The van der Waals surface area contributed by atoms with Crippen molar-refractivity contribution in [2.75, 3.05) is 20.6 Å². The highest BCUT2D eigenvalue weighted by Crippen LogP contribution is 2.34. The highest BCUT2D eigenvalue weighted by Gasteiger charge is 2.04. The molecule has 0 heterocycles. The first-order chi connectivity index (χ1) is 9.65. The second-order valence-electron chi connectivity index (χ2n) is 4.75. The minimum absolute atomic E-state index is 0.938. The Morgan fingerprint density at radius 2 is 1.70 bits per heavy atom. The molecule has 20 heavy (non-hydrogen) atoms. The van der Waals surface area contributed by atoms with Crippen molar-refractivity contribution >= 4 is 32.6 Å². The molecule has 0 spiro atoms. The second-order valence-corrected chi connectivity index (χ2v) is 6.78. The molecule has 3 heteroatoms. The Morgan fingerprint density at radius 3 is 2.30 bits per heavy atom. The predicted octanol–water partition coefficient (Wildman–Crippen LogP) is 5.14. The summed E-state index contributed by atoms with van der Waals surface area (Å²) in [5.41, 5.74) is 1.27. The van der Waals surface area contributed by atoms with Crippen LogP contribution in [0, 0.1) is 0 Å². The van der Waals surface area contributed by atoms with Gasteiger partial charge >= 0.3 is 0 Å². The first-order valence-electron chi connectivity index (χ1n) is 6.49. The number of thioether (sulfide) groups is 1. The summed E-state index contributed by atoms with van der Waals surface area (Å²) in [6, 6.07) is 19.0. The number of likely N-dealkylation sites (N-methyl/N-ethyl adjacent to an activating group) is 1. The highest BCUT2D eigenvalue weighted by atomic mass is 79.9. The van der Waals surface area contributed by atoms with Crippen LogP contribution in [0.4, 0.5) is 0 Å². The minimum atomic E-state index is 0.938. The summed E-state index contributed by atoms with van der Waals surface area (Å²) < 4.78 is 1.11. The van der Waals surface area contributed by atoms with Crippen molar-refractivity contribution < 1.29 is 0 Å². The molecule has 0 bridgehead atoms. The molecule has 1 nitrogen and oxygen atoms in total. The van der Waals surface area contributed by atoms with Crippen molar-refractivity contribution in [3.05, 3.63) is 70.7 Å². The summed E-state index contributed by atoms with van der Waals surface area (Å²) in [5.74, 6) is 0. The third kappa shape index (κ3) is 4.82. The van der Waals surface area contributed by atoms with E-state index in [1.165, 1.54) is 15.4 Å². The molecule has 0 saturated heterocycles. The maximum absolute atomic E-state index is 3.48. The van der Waals surface area contributed by atoms with Crippen LogP contribution in [0.2, 0.25) is 0 Å². The highest BCUT2D eigenvalue weighted by molar-refractivity contribution is 9.10. The van der Waals surface area contributed by atoms with Gasteiger partial charge in [0, 0.05) is 20.8 Å². The molecule has 0 aliphatic heterocycles. The third-order valence-electron chi connectivity index (χ3n) is 2.74. The average Bonchev–Trinajstić information content (AvgIpc) is 2.46. The lowest BCUT2D eigenvalue weighted by Gasteiger charge is -2.11. The van der Waals surface area contributed by atoms with E-state index >= 15 is 0 Å². The van der Waals surface area contributed by atoms with E-state index in [2.05, 4.69) is 95.6 Å². The number of hydrogen-bond donors (Lipinski definition) is 0. The van der Waals surface area contributed by atoms with Gasteiger partial charge in [-0.25, -0.2) is 0 Å². The van der Waals surface area contributed by atoms with Crippen LogP contribution in [-0.2, 0) is 0 Å². The van der Waals surface area contributed by atoms with Crippen molar-refractivity contribution in [2.24, 2.45) is 0 Å². The van der Waals surface area contributed by atoms with Crippen LogP contribution in [0.3, 0.4) is 0 Å². The molecule has 0 saturated carbocycles. The van der Waals surface area contributed by atoms with Crippen molar-refractivity contribution in [3.8, 4) is 0 Å². The van der Waals surface area contributed by atoms with Gasteiger partial charge in [0.15, 0.2) is 0 Å². The number of nitrogens with zero attached hydrogens (tertiary/aromatic N) is 1. The fraction of sp³-hybridized carbons (Fsp3) is 0.176. The van der Waals surface area contributed by atoms with Gasteiger partial charge in [-0.05, 0) is 43.9 Å². The van der Waals surface area contributed by atoms with E-state index in [0.29, 0.717) is 0 Å². The molecular formula is C17H18BrNS. The fourth-order valence-electron chi connectivity index (χ4n) is 1.72. The summed E-state index contributed by atoms with van der Waals surface area (Å²) in [4.78, 5) is 4.72. The molecule has 0 aliphatic rings. The average molecular weight is 348 g/mol. The molecule has 0 N–H and O–H groups in total. The van der Waals surface area contributed by atoms with Gasteiger partial charge in [-0.3, -0.25) is 0 Å². The van der Waals surface area contributed by atoms with Gasteiger partial charge in [-0.15, -0.1) is 0 Å². The van der Waals surface area contributed by atoms with E-state index in [4.69, 9.17) is 0 Å². The van der Waals surface area contributed by atoms with Gasteiger partial charge in [-0.2, -0.15) is 0 Å². The van der Waals surface area contributed by atoms with Crippen LogP contribution in [0.5, 0.6) is 0 Å². The zero-order valence-electron chi connectivity index (χ0n) is 11.7. The Kier molecular flexibility index (Phi) is 5.89. The monoisotopic (exact) mass is 347 g/mol. The molecule has 0 unspecified atom stereocenters. The van der Waals surface area contributed by atoms with Crippen LogP contribution in [0.1, 0.15) is 5.56 Å². The van der Waals surface area contributed by atoms with Crippen molar-refractivity contribution in [3.63, 3.8) is 0 Å². The maximum Gasteiger partial charge on any atom is 0.0176 e. The molecule has 0 fully saturated rings. The van der Waals surface area contributed by atoms with Crippen LogP contribution in [0.25, 0.3) is 4.91 Å². The van der Waals surface area contributed by atoms with E-state index in [-0.39, 0.29) is 0 Å². The Balaban J connectivity index is 2.23. The van der Waals surface area contributed by atoms with E-state index in [1.807, 2.05) is 0 Å². The lowest BCUT2D eigenvalue weighted by atomic mass is 10.2. The Bertz CT molecular complexity index is 561. The minimum Gasteiger partial charge on any atom is -0.306 e. The molecule has 0 amide bonds. The van der Waals surface area contributed by atoms with Crippen molar-refractivity contribution in [1.29, 1.82) is 0 Å². The van der Waals surface area contributed by atoms with Gasteiger partial charge in [0.2, 0.25) is 0 Å². The first-order valence-corrected chi connectivity index (χ1v) is 8.10. The van der Waals surface area contributed by atoms with Crippen molar-refractivity contribution in [1.82, 2.24) is 4.90 Å². The fourth-order valence-corrected chi connectivity index (χ4v) is 2.92. The zero-order valence-corrected chi connectivity index (χ0v) is 14.1. The number of rotatable bonds is 5. The molecule has 0 radical (unpaired) electrons. The lowest BCUT2D eigenvalue weighted by Crippen LogP contribution is -2.10. The summed E-state index contributed by atoms with van der Waals surface area (Å²) in [6.07, 6.45) is 2.28. The molecule has 104 valence electrons. The second kappa shape index (κ2) is 7.67. The molecule has 0 aliphatic carbocycles. The molecule has 0 aromatic heterocycles. The van der Waals surface area contributed by atoms with Crippen molar-refractivity contribution in [2.45, 2.75) is 4.90 Å². The van der Waals surface area contributed by atoms with E-state index < -0.39 is 0 Å². The number of benzene rings is 2. The van der Waals surface area contributed by atoms with Crippen LogP contribution in [-0.4, -0.2) is 25.5 Å². The number of hydrogen-bond acceptors (Lipinski definition) is 2. The Hall–Kier alpha value is -1.03. The largest absolute Gasteiger partial charge is 0.306 e. The third-order valence-corrected chi connectivity index (χ3v) is 4.40. The van der Waals surface area contributed by atoms with Crippen LogP contribution < -0.4 is 0 Å². The Labute approximate surface area is 133 Å². The molecule has 2 rings (SSSR count). The summed E-state index contributed by atoms with van der Waals surface area (Å²) in [5, 5.41) is 0. The van der Waals surface area contributed by atoms with Gasteiger partial charge < -0.3 is 4.90 Å². The summed E-state index contributed by atoms with van der Waals surface area (Å²) >= 11 is 5.28. The van der Waals surface area contributed by atoms with Gasteiger partial charge in [0.25, 0.3) is 0 Å². The van der Waals surface area contributed by atoms with Gasteiger partial charge in [0.05, 0.1) is 0 Å².